The van der Waals surface area contributed by atoms with Crippen molar-refractivity contribution in [2.24, 2.45) is 11.8 Å². The molecular weight excluding hydrogens is 494 g/mol. The maximum absolute atomic E-state index is 4.42. The van der Waals surface area contributed by atoms with Crippen molar-refractivity contribution < 1.29 is 0 Å². The van der Waals surface area contributed by atoms with Gasteiger partial charge in [-0.05, 0) is 76.5 Å². The Morgan fingerprint density at radius 1 is 1.12 bits per heavy atom. The fourth-order valence-electron chi connectivity index (χ4n) is 4.85. The quantitative estimate of drug-likeness (QED) is 0.141. The molecule has 0 saturated heterocycles. The summed E-state index contributed by atoms with van der Waals surface area (Å²) in [7, 11) is 2.17. The molecule has 0 radical (unpaired) electrons. The lowest BCUT2D eigenvalue weighted by Gasteiger charge is -2.31. The summed E-state index contributed by atoms with van der Waals surface area (Å²) in [6, 6.07) is 6.85. The Kier molecular flexibility index (Phi) is 20.1. The maximum Gasteiger partial charge on any atom is 0.0469 e. The Bertz CT molecular complexity index is 1100. The SMILES string of the molecule is C=C(c1ccc(C)c(C#CC)c1)N(C)C(/C=C(/C)C(C)[C@@H](C)CCCCCC)CC.C=C1C=C(C)C=CC1.C=CC. The molecule has 0 aromatic heterocycles. The highest BCUT2D eigenvalue weighted by molar-refractivity contribution is 5.65. The third-order valence-electron chi connectivity index (χ3n) is 7.90. The lowest BCUT2D eigenvalue weighted by molar-refractivity contribution is 0.372. The molecule has 41 heavy (non-hydrogen) atoms. The predicted octanol–water partition coefficient (Wildman–Crippen LogP) is 11.9. The van der Waals surface area contributed by atoms with Crippen LogP contribution in [0.15, 0.2) is 85.0 Å². The average Bonchev–Trinajstić information content (AvgIpc) is 2.94. The Labute approximate surface area is 255 Å². The van der Waals surface area contributed by atoms with Crippen molar-refractivity contribution >= 4 is 5.70 Å². The van der Waals surface area contributed by atoms with E-state index in [0.717, 1.165) is 35.6 Å². The lowest BCUT2D eigenvalue weighted by atomic mass is 9.84. The van der Waals surface area contributed by atoms with E-state index >= 15 is 0 Å². The van der Waals surface area contributed by atoms with Crippen LogP contribution in [0.3, 0.4) is 0 Å². The van der Waals surface area contributed by atoms with E-state index in [1.165, 1.54) is 54.4 Å². The number of benzene rings is 1. The van der Waals surface area contributed by atoms with Crippen molar-refractivity contribution in [1.82, 2.24) is 4.90 Å². The third-order valence-corrected chi connectivity index (χ3v) is 7.90. The Hall–Kier alpha value is -2.98. The van der Waals surface area contributed by atoms with Crippen molar-refractivity contribution in [2.45, 2.75) is 113 Å². The molecule has 0 N–H and O–H groups in total. The van der Waals surface area contributed by atoms with E-state index in [0.29, 0.717) is 12.0 Å². The van der Waals surface area contributed by atoms with Crippen LogP contribution in [0.25, 0.3) is 5.70 Å². The van der Waals surface area contributed by atoms with Crippen LogP contribution in [0.4, 0.5) is 0 Å². The molecule has 2 rings (SSSR count). The highest BCUT2D eigenvalue weighted by Crippen LogP contribution is 2.28. The normalized spacial score (nSPS) is 14.5. The standard InChI is InChI=1S/C29H45N.C8H10.C3H6/c1-10-13-14-15-17-22(4)25(7)24(6)20-29(12-3)30(9)26(8)28-19-18-23(5)27(21-28)16-11-2;1-7-4-3-5-8(2)6-7;1-3-2/h18-22,25,29H,8,10,12-15,17H2,1-7,9H3;3,5-6H,1,4H2,2H3;3H,1H2,2H3/b24-20-;;/t22-,25?,29?;;/m0../s1. The van der Waals surface area contributed by atoms with Gasteiger partial charge in [0.1, 0.15) is 0 Å². The average molecular weight is 556 g/mol. The van der Waals surface area contributed by atoms with Crippen LogP contribution in [0, 0.1) is 30.6 Å². The molecule has 0 heterocycles. The van der Waals surface area contributed by atoms with Crippen LogP contribution < -0.4 is 0 Å². The third kappa shape index (κ3) is 15.0. The molecule has 0 aliphatic heterocycles. The van der Waals surface area contributed by atoms with Gasteiger partial charge < -0.3 is 4.90 Å². The number of nitrogens with zero attached hydrogens (tertiary/aromatic N) is 1. The largest absolute Gasteiger partial charge is 0.368 e. The van der Waals surface area contributed by atoms with Crippen molar-refractivity contribution in [3.63, 3.8) is 0 Å². The monoisotopic (exact) mass is 555 g/mol. The van der Waals surface area contributed by atoms with E-state index in [1.807, 2.05) is 13.8 Å². The van der Waals surface area contributed by atoms with E-state index in [2.05, 4.69) is 134 Å². The zero-order chi connectivity index (χ0) is 31.4. The molecular formula is C40H61N. The molecule has 1 aliphatic rings. The highest BCUT2D eigenvalue weighted by atomic mass is 15.1. The molecule has 1 aliphatic carbocycles. The smallest absolute Gasteiger partial charge is 0.0469 e. The molecule has 1 heteroatoms. The van der Waals surface area contributed by atoms with Crippen molar-refractivity contribution in [3.8, 4) is 11.8 Å². The molecule has 0 saturated carbocycles. The van der Waals surface area contributed by atoms with Crippen LogP contribution >= 0.6 is 0 Å². The van der Waals surface area contributed by atoms with Crippen LogP contribution in [0.5, 0.6) is 0 Å². The molecule has 0 spiro atoms. The first-order valence-corrected chi connectivity index (χ1v) is 15.7. The summed E-state index contributed by atoms with van der Waals surface area (Å²) in [4.78, 5) is 2.33. The lowest BCUT2D eigenvalue weighted by Crippen LogP contribution is -2.28. The minimum absolute atomic E-state index is 0.356. The first-order valence-electron chi connectivity index (χ1n) is 15.7. The van der Waals surface area contributed by atoms with Crippen molar-refractivity contribution in [2.75, 3.05) is 7.05 Å². The summed E-state index contributed by atoms with van der Waals surface area (Å²) in [5.41, 5.74) is 8.55. The molecule has 3 atom stereocenters. The van der Waals surface area contributed by atoms with E-state index in [1.54, 1.807) is 6.08 Å². The van der Waals surface area contributed by atoms with E-state index < -0.39 is 0 Å². The first-order chi connectivity index (χ1) is 19.5. The topological polar surface area (TPSA) is 3.24 Å². The summed E-state index contributed by atoms with van der Waals surface area (Å²) in [5.74, 6) is 7.59. The summed E-state index contributed by atoms with van der Waals surface area (Å²) in [6.45, 7) is 31.3. The second-order valence-electron chi connectivity index (χ2n) is 11.5. The van der Waals surface area contributed by atoms with Crippen LogP contribution in [-0.2, 0) is 0 Å². The van der Waals surface area contributed by atoms with Crippen LogP contribution in [-0.4, -0.2) is 18.0 Å². The minimum atomic E-state index is 0.356. The number of rotatable bonds is 12. The number of unbranched alkanes of at least 4 members (excludes halogenated alkanes) is 3. The summed E-state index contributed by atoms with van der Waals surface area (Å²) in [6.07, 6.45) is 19.4. The van der Waals surface area contributed by atoms with Gasteiger partial charge in [0, 0.05) is 24.4 Å². The molecule has 2 unspecified atom stereocenters. The number of aryl methyl sites for hydroxylation is 1. The Morgan fingerprint density at radius 3 is 2.29 bits per heavy atom. The number of allylic oxidation sites excluding steroid dienone is 7. The molecule has 0 bridgehead atoms. The second-order valence-corrected chi connectivity index (χ2v) is 11.5. The van der Waals surface area contributed by atoms with Gasteiger partial charge in [-0.1, -0.05) is 138 Å². The fraction of sp³-hybridized carbons (Fsp3) is 0.500. The van der Waals surface area contributed by atoms with Gasteiger partial charge in [0.2, 0.25) is 0 Å². The molecule has 0 amide bonds. The van der Waals surface area contributed by atoms with E-state index in [4.69, 9.17) is 0 Å². The van der Waals surface area contributed by atoms with Gasteiger partial charge in [-0.25, -0.2) is 0 Å². The Morgan fingerprint density at radius 2 is 1.78 bits per heavy atom. The number of likely N-dealkylation sites (N-methyl/N-ethyl adjacent to an activating group) is 1. The van der Waals surface area contributed by atoms with Gasteiger partial charge in [-0.3, -0.25) is 0 Å². The van der Waals surface area contributed by atoms with Crippen molar-refractivity contribution in [1.29, 1.82) is 0 Å². The van der Waals surface area contributed by atoms with Gasteiger partial charge in [0.15, 0.2) is 0 Å². The number of hydrogen-bond donors (Lipinski definition) is 0. The van der Waals surface area contributed by atoms with Crippen LogP contribution in [0.2, 0.25) is 0 Å². The van der Waals surface area contributed by atoms with E-state index in [9.17, 15) is 0 Å². The fourth-order valence-corrected chi connectivity index (χ4v) is 4.85. The highest BCUT2D eigenvalue weighted by Gasteiger charge is 2.18. The van der Waals surface area contributed by atoms with E-state index in [-0.39, 0.29) is 0 Å². The molecule has 1 aromatic rings. The molecule has 1 aromatic carbocycles. The maximum atomic E-state index is 4.42. The zero-order valence-electron chi connectivity index (χ0n) is 28.4. The number of hydrogen-bond acceptors (Lipinski definition) is 1. The van der Waals surface area contributed by atoms with Crippen LogP contribution in [0.1, 0.15) is 117 Å². The first kappa shape index (κ1) is 38.0. The van der Waals surface area contributed by atoms with Gasteiger partial charge in [-0.15, -0.1) is 12.5 Å². The molecule has 226 valence electrons. The van der Waals surface area contributed by atoms with Gasteiger partial charge in [0.25, 0.3) is 0 Å². The second kappa shape index (κ2) is 21.7. The Balaban J connectivity index is 0.00000121. The predicted molar refractivity (Wildman–Crippen MR) is 188 cm³/mol. The van der Waals surface area contributed by atoms with Gasteiger partial charge in [0.05, 0.1) is 0 Å². The summed E-state index contributed by atoms with van der Waals surface area (Å²) < 4.78 is 0. The zero-order valence-corrected chi connectivity index (χ0v) is 28.4. The summed E-state index contributed by atoms with van der Waals surface area (Å²) >= 11 is 0. The summed E-state index contributed by atoms with van der Waals surface area (Å²) in [5, 5.41) is 0. The van der Waals surface area contributed by atoms with Gasteiger partial charge >= 0.3 is 0 Å². The van der Waals surface area contributed by atoms with Crippen molar-refractivity contribution in [3.05, 3.63) is 102 Å². The molecule has 1 nitrogen and oxygen atoms in total. The molecule has 0 fully saturated rings. The minimum Gasteiger partial charge on any atom is -0.368 e. The van der Waals surface area contributed by atoms with Gasteiger partial charge in [-0.2, -0.15) is 0 Å².